The van der Waals surface area contributed by atoms with Gasteiger partial charge in [-0.1, -0.05) is 0 Å². The lowest BCUT2D eigenvalue weighted by molar-refractivity contribution is -0.385. The Kier molecular flexibility index (Phi) is 8.77. The standard InChI is InChI=1S/C17H24N6O3S.2ClH/c24-17(22-7-8-27-12-22)15-9-14(11-18-15)20-3-5-21(6-4-20)16-2-1-13(10-19-16)23(25)26;;/h1-2,10,14-15,18H,3-9,11-12H2;2*1H/t14-,15-;;/m0../s1. The molecule has 3 aliphatic rings. The second-order valence-electron chi connectivity index (χ2n) is 7.14. The normalized spacial score (nSPS) is 24.7. The van der Waals surface area contributed by atoms with E-state index >= 15 is 0 Å². The summed E-state index contributed by atoms with van der Waals surface area (Å²) in [6.07, 6.45) is 2.19. The molecule has 1 amide bonds. The van der Waals surface area contributed by atoms with Crippen molar-refractivity contribution < 1.29 is 9.72 Å². The number of pyridine rings is 1. The smallest absolute Gasteiger partial charge is 0.287 e. The molecular formula is C17H26Cl2N6O3S. The number of nitrogens with zero attached hydrogens (tertiary/aromatic N) is 5. The average molecular weight is 465 g/mol. The van der Waals surface area contributed by atoms with Crippen LogP contribution < -0.4 is 10.2 Å². The largest absolute Gasteiger partial charge is 0.354 e. The molecule has 1 aromatic heterocycles. The zero-order chi connectivity index (χ0) is 18.8. The summed E-state index contributed by atoms with van der Waals surface area (Å²) in [5.74, 6) is 2.89. The zero-order valence-electron chi connectivity index (χ0n) is 15.9. The molecular weight excluding hydrogens is 439 g/mol. The van der Waals surface area contributed by atoms with Gasteiger partial charge in [0.15, 0.2) is 0 Å². The van der Waals surface area contributed by atoms with Crippen LogP contribution in [0.15, 0.2) is 18.3 Å². The second-order valence-corrected chi connectivity index (χ2v) is 8.22. The highest BCUT2D eigenvalue weighted by Gasteiger charge is 2.36. The van der Waals surface area contributed by atoms with Gasteiger partial charge in [0.25, 0.3) is 5.69 Å². The van der Waals surface area contributed by atoms with E-state index in [1.54, 1.807) is 6.07 Å². The van der Waals surface area contributed by atoms with Gasteiger partial charge >= 0.3 is 0 Å². The Morgan fingerprint density at radius 3 is 2.55 bits per heavy atom. The average Bonchev–Trinajstić information content (AvgIpc) is 3.40. The maximum atomic E-state index is 12.6. The molecule has 3 aliphatic heterocycles. The number of carbonyl (C=O) groups excluding carboxylic acids is 1. The second kappa shape index (κ2) is 10.6. The van der Waals surface area contributed by atoms with Gasteiger partial charge in [-0.2, -0.15) is 0 Å². The molecule has 3 fully saturated rings. The van der Waals surface area contributed by atoms with E-state index in [9.17, 15) is 14.9 Å². The van der Waals surface area contributed by atoms with E-state index in [1.165, 1.54) is 12.3 Å². The van der Waals surface area contributed by atoms with Crippen LogP contribution in [-0.2, 0) is 4.79 Å². The molecule has 0 bridgehead atoms. The number of piperazine rings is 1. The van der Waals surface area contributed by atoms with Crippen LogP contribution >= 0.6 is 36.6 Å². The van der Waals surface area contributed by atoms with Crippen LogP contribution in [0.2, 0.25) is 0 Å². The van der Waals surface area contributed by atoms with Crippen molar-refractivity contribution in [3.63, 3.8) is 0 Å². The van der Waals surface area contributed by atoms with Crippen LogP contribution in [0.4, 0.5) is 11.5 Å². The van der Waals surface area contributed by atoms with Crippen molar-refractivity contribution in [2.24, 2.45) is 0 Å². The van der Waals surface area contributed by atoms with E-state index in [2.05, 4.69) is 20.1 Å². The molecule has 0 aliphatic carbocycles. The molecule has 0 unspecified atom stereocenters. The van der Waals surface area contributed by atoms with Crippen molar-refractivity contribution >= 4 is 54.0 Å². The first-order valence-electron chi connectivity index (χ1n) is 9.31. The molecule has 4 rings (SSSR count). The number of nitrogens with one attached hydrogen (secondary N) is 1. The lowest BCUT2D eigenvalue weighted by Gasteiger charge is -2.38. The van der Waals surface area contributed by atoms with Crippen molar-refractivity contribution in [3.05, 3.63) is 28.4 Å². The van der Waals surface area contributed by atoms with Crippen molar-refractivity contribution in [3.8, 4) is 0 Å². The van der Waals surface area contributed by atoms with Gasteiger partial charge in [0, 0.05) is 57.1 Å². The molecule has 162 valence electrons. The van der Waals surface area contributed by atoms with Gasteiger partial charge in [-0.25, -0.2) is 4.98 Å². The molecule has 0 radical (unpaired) electrons. The Hall–Kier alpha value is -1.33. The van der Waals surface area contributed by atoms with Crippen LogP contribution in [-0.4, -0.2) is 88.6 Å². The van der Waals surface area contributed by atoms with Crippen LogP contribution in [0.1, 0.15) is 6.42 Å². The van der Waals surface area contributed by atoms with Crippen molar-refractivity contribution in [2.75, 3.05) is 55.8 Å². The molecule has 1 N–H and O–H groups in total. The molecule has 3 saturated heterocycles. The van der Waals surface area contributed by atoms with E-state index in [4.69, 9.17) is 0 Å². The fourth-order valence-corrected chi connectivity index (χ4v) is 4.94. The number of hydrogen-bond acceptors (Lipinski definition) is 8. The SMILES string of the molecule is Cl.Cl.O=C([C@@H]1C[C@H](N2CCN(c3ccc([N+](=O)[O-])cn3)CC2)CN1)N1CCSC1. The number of carbonyl (C=O) groups is 1. The summed E-state index contributed by atoms with van der Waals surface area (Å²) in [6.45, 7) is 5.21. The molecule has 9 nitrogen and oxygen atoms in total. The Labute approximate surface area is 186 Å². The predicted octanol–water partition coefficient (Wildman–Crippen LogP) is 1.22. The number of amides is 1. The quantitative estimate of drug-likeness (QED) is 0.524. The summed E-state index contributed by atoms with van der Waals surface area (Å²) < 4.78 is 0. The maximum absolute atomic E-state index is 12.6. The van der Waals surface area contributed by atoms with Gasteiger partial charge < -0.3 is 15.1 Å². The third-order valence-electron chi connectivity index (χ3n) is 5.57. The van der Waals surface area contributed by atoms with E-state index in [0.29, 0.717) is 6.04 Å². The lowest BCUT2D eigenvalue weighted by Crippen LogP contribution is -2.51. The minimum absolute atomic E-state index is 0. The minimum atomic E-state index is -0.430. The highest BCUT2D eigenvalue weighted by atomic mass is 35.5. The molecule has 0 aromatic carbocycles. The first-order chi connectivity index (χ1) is 13.1. The van der Waals surface area contributed by atoms with Crippen molar-refractivity contribution in [2.45, 2.75) is 18.5 Å². The third-order valence-corrected chi connectivity index (χ3v) is 6.53. The highest BCUT2D eigenvalue weighted by Crippen LogP contribution is 2.22. The van der Waals surface area contributed by atoms with E-state index in [0.717, 1.165) is 63.1 Å². The van der Waals surface area contributed by atoms with Gasteiger partial charge in [0.1, 0.15) is 12.0 Å². The van der Waals surface area contributed by atoms with Gasteiger partial charge in [0.05, 0.1) is 16.8 Å². The van der Waals surface area contributed by atoms with Crippen LogP contribution in [0.25, 0.3) is 0 Å². The Morgan fingerprint density at radius 2 is 1.97 bits per heavy atom. The first-order valence-corrected chi connectivity index (χ1v) is 10.5. The maximum Gasteiger partial charge on any atom is 0.287 e. The van der Waals surface area contributed by atoms with Crippen LogP contribution in [0.3, 0.4) is 0 Å². The van der Waals surface area contributed by atoms with Gasteiger partial charge in [-0.3, -0.25) is 19.8 Å². The van der Waals surface area contributed by atoms with E-state index in [1.807, 2.05) is 16.7 Å². The summed E-state index contributed by atoms with van der Waals surface area (Å²) in [5, 5.41) is 14.2. The molecule has 2 atom stereocenters. The number of anilines is 1. The van der Waals surface area contributed by atoms with Gasteiger partial charge in [-0.05, 0) is 12.5 Å². The fourth-order valence-electron chi connectivity index (χ4n) is 3.98. The molecule has 0 saturated carbocycles. The number of halogens is 2. The lowest BCUT2D eigenvalue weighted by atomic mass is 10.1. The Balaban J connectivity index is 0.00000150. The first kappa shape index (κ1) is 23.9. The molecule has 0 spiro atoms. The molecule has 4 heterocycles. The summed E-state index contributed by atoms with van der Waals surface area (Å²) in [7, 11) is 0. The summed E-state index contributed by atoms with van der Waals surface area (Å²) in [4.78, 5) is 33.7. The number of rotatable bonds is 4. The fraction of sp³-hybridized carbons (Fsp3) is 0.647. The van der Waals surface area contributed by atoms with E-state index in [-0.39, 0.29) is 42.5 Å². The predicted molar refractivity (Wildman–Crippen MR) is 118 cm³/mol. The molecule has 29 heavy (non-hydrogen) atoms. The van der Waals surface area contributed by atoms with E-state index < -0.39 is 4.92 Å². The van der Waals surface area contributed by atoms with Crippen molar-refractivity contribution in [1.82, 2.24) is 20.1 Å². The Morgan fingerprint density at radius 1 is 1.21 bits per heavy atom. The monoisotopic (exact) mass is 464 g/mol. The summed E-state index contributed by atoms with van der Waals surface area (Å²) >= 11 is 1.82. The third kappa shape index (κ3) is 5.43. The van der Waals surface area contributed by atoms with Crippen molar-refractivity contribution in [1.29, 1.82) is 0 Å². The number of thioether (sulfide) groups is 1. The number of aromatic nitrogens is 1. The summed E-state index contributed by atoms with van der Waals surface area (Å²) in [5.41, 5.74) is 0.0153. The molecule has 1 aromatic rings. The van der Waals surface area contributed by atoms with Gasteiger partial charge in [-0.15, -0.1) is 36.6 Å². The Bertz CT molecular complexity index is 699. The summed E-state index contributed by atoms with van der Waals surface area (Å²) in [6, 6.07) is 3.56. The highest BCUT2D eigenvalue weighted by molar-refractivity contribution is 7.99. The van der Waals surface area contributed by atoms with Gasteiger partial charge in [0.2, 0.25) is 5.91 Å². The minimum Gasteiger partial charge on any atom is -0.354 e. The number of hydrogen-bond donors (Lipinski definition) is 1. The van der Waals surface area contributed by atoms with Crippen LogP contribution in [0, 0.1) is 10.1 Å². The topological polar surface area (TPSA) is 94.8 Å². The zero-order valence-corrected chi connectivity index (χ0v) is 18.4. The molecule has 12 heteroatoms. The number of nitro groups is 1. The van der Waals surface area contributed by atoms with Crippen LogP contribution in [0.5, 0.6) is 0 Å².